The highest BCUT2D eigenvalue weighted by atomic mass is 16.5. The lowest BCUT2D eigenvalue weighted by Crippen LogP contribution is -2.57. The van der Waals surface area contributed by atoms with Crippen LogP contribution in [0, 0.1) is 5.92 Å². The summed E-state index contributed by atoms with van der Waals surface area (Å²) in [5.41, 5.74) is 5.28. The predicted molar refractivity (Wildman–Crippen MR) is 65.6 cm³/mol. The lowest BCUT2D eigenvalue weighted by atomic mass is 9.90. The normalized spacial score (nSPS) is 19.3. The van der Waals surface area contributed by atoms with Crippen molar-refractivity contribution in [3.8, 4) is 0 Å². The summed E-state index contributed by atoms with van der Waals surface area (Å²) in [7, 11) is 0. The first-order valence-corrected chi connectivity index (χ1v) is 6.27. The Morgan fingerprint density at radius 2 is 2.12 bits per heavy atom. The molecule has 0 atom stereocenters. The van der Waals surface area contributed by atoms with Crippen molar-refractivity contribution in [1.82, 2.24) is 5.32 Å². The number of nitrogens with one attached hydrogen (secondary N) is 1. The van der Waals surface area contributed by atoms with Crippen LogP contribution in [-0.4, -0.2) is 44.4 Å². The van der Waals surface area contributed by atoms with Gasteiger partial charge in [-0.2, -0.15) is 0 Å². The number of carbonyl (C=O) groups excluding carboxylic acids is 1. The third-order valence-corrected chi connectivity index (χ3v) is 2.82. The smallest absolute Gasteiger partial charge is 0.240 e. The summed E-state index contributed by atoms with van der Waals surface area (Å²) in [4.78, 5) is 11.9. The highest BCUT2D eigenvalue weighted by molar-refractivity contribution is 5.86. The van der Waals surface area contributed by atoms with Gasteiger partial charge in [-0.25, -0.2) is 0 Å². The fraction of sp³-hybridized carbons (Fsp3) is 0.917. The average molecular weight is 244 g/mol. The highest BCUT2D eigenvalue weighted by Gasteiger charge is 2.35. The van der Waals surface area contributed by atoms with E-state index in [1.54, 1.807) is 0 Å². The Bertz CT molecular complexity index is 238. The van der Waals surface area contributed by atoms with Crippen LogP contribution in [-0.2, 0) is 14.3 Å². The van der Waals surface area contributed by atoms with Gasteiger partial charge in [-0.15, -0.1) is 0 Å². The first-order chi connectivity index (χ1) is 8.04. The summed E-state index contributed by atoms with van der Waals surface area (Å²) in [6.07, 6.45) is 1.18. The number of rotatable bonds is 6. The largest absolute Gasteiger partial charge is 0.381 e. The van der Waals surface area contributed by atoms with Crippen LogP contribution in [0.3, 0.4) is 0 Å². The summed E-state index contributed by atoms with van der Waals surface area (Å²) in [5.74, 6) is 0.427. The van der Waals surface area contributed by atoms with E-state index in [9.17, 15) is 4.79 Å². The molecule has 0 bridgehead atoms. The van der Waals surface area contributed by atoms with Crippen LogP contribution in [0.4, 0.5) is 0 Å². The molecular weight excluding hydrogens is 220 g/mol. The van der Waals surface area contributed by atoms with Crippen LogP contribution in [0.2, 0.25) is 0 Å². The van der Waals surface area contributed by atoms with Crippen LogP contribution in [0.5, 0.6) is 0 Å². The highest BCUT2D eigenvalue weighted by Crippen LogP contribution is 2.17. The molecule has 0 aromatic carbocycles. The predicted octanol–water partition coefficient (Wildman–Crippen LogP) is 0.283. The van der Waals surface area contributed by atoms with Crippen molar-refractivity contribution < 1.29 is 14.3 Å². The van der Waals surface area contributed by atoms with Crippen molar-refractivity contribution >= 4 is 5.91 Å². The second-order valence-electron chi connectivity index (χ2n) is 4.99. The number of nitrogens with two attached hydrogens (primary N) is 1. The molecule has 17 heavy (non-hydrogen) atoms. The summed E-state index contributed by atoms with van der Waals surface area (Å²) < 4.78 is 10.6. The molecule has 1 saturated heterocycles. The molecule has 0 unspecified atom stereocenters. The third kappa shape index (κ3) is 5.02. The quantitative estimate of drug-likeness (QED) is 0.658. The maximum atomic E-state index is 11.9. The minimum atomic E-state index is -0.754. The molecule has 0 radical (unpaired) electrons. The van der Waals surface area contributed by atoms with E-state index >= 15 is 0 Å². The van der Waals surface area contributed by atoms with Gasteiger partial charge in [-0.3, -0.25) is 4.79 Å². The molecule has 0 aliphatic carbocycles. The zero-order chi connectivity index (χ0) is 12.7. The van der Waals surface area contributed by atoms with Gasteiger partial charge in [0.2, 0.25) is 5.91 Å². The summed E-state index contributed by atoms with van der Waals surface area (Å²) >= 11 is 0. The van der Waals surface area contributed by atoms with Crippen LogP contribution in [0.1, 0.15) is 26.7 Å². The minimum Gasteiger partial charge on any atom is -0.381 e. The molecule has 3 N–H and O–H groups in total. The summed E-state index contributed by atoms with van der Waals surface area (Å²) in [6.45, 7) is 7.09. The lowest BCUT2D eigenvalue weighted by Gasteiger charge is -2.31. The standard InChI is InChI=1S/C12H24N2O3/c1-10(2)9-17-8-5-14-11(15)12(13)3-6-16-7-4-12/h10H,3-9,13H2,1-2H3,(H,14,15). The molecule has 0 spiro atoms. The molecular formula is C12H24N2O3. The van der Waals surface area contributed by atoms with E-state index in [0.717, 1.165) is 6.61 Å². The minimum absolute atomic E-state index is 0.0889. The van der Waals surface area contributed by atoms with Crippen molar-refractivity contribution in [2.24, 2.45) is 11.7 Å². The molecule has 0 saturated carbocycles. The van der Waals surface area contributed by atoms with E-state index in [-0.39, 0.29) is 5.91 Å². The second-order valence-corrected chi connectivity index (χ2v) is 4.99. The Balaban J connectivity index is 2.15. The first kappa shape index (κ1) is 14.4. The lowest BCUT2D eigenvalue weighted by molar-refractivity contribution is -0.130. The SMILES string of the molecule is CC(C)COCCNC(=O)C1(N)CCOCC1. The molecule has 0 aromatic rings. The van der Waals surface area contributed by atoms with Gasteiger partial charge in [-0.1, -0.05) is 13.8 Å². The van der Waals surface area contributed by atoms with Crippen molar-refractivity contribution in [3.05, 3.63) is 0 Å². The Labute approximate surface area is 103 Å². The van der Waals surface area contributed by atoms with E-state index in [1.807, 2.05) is 0 Å². The van der Waals surface area contributed by atoms with Gasteiger partial charge in [-0.05, 0) is 18.8 Å². The Morgan fingerprint density at radius 3 is 2.71 bits per heavy atom. The molecule has 1 rings (SSSR count). The van der Waals surface area contributed by atoms with Crippen LogP contribution < -0.4 is 11.1 Å². The van der Waals surface area contributed by atoms with E-state index in [2.05, 4.69) is 19.2 Å². The van der Waals surface area contributed by atoms with Gasteiger partial charge in [0.1, 0.15) is 0 Å². The molecule has 5 heteroatoms. The van der Waals surface area contributed by atoms with Crippen molar-refractivity contribution in [2.45, 2.75) is 32.2 Å². The van der Waals surface area contributed by atoms with E-state index < -0.39 is 5.54 Å². The third-order valence-electron chi connectivity index (χ3n) is 2.82. The van der Waals surface area contributed by atoms with Crippen molar-refractivity contribution in [1.29, 1.82) is 0 Å². The van der Waals surface area contributed by atoms with Gasteiger partial charge in [0.05, 0.1) is 12.1 Å². The zero-order valence-corrected chi connectivity index (χ0v) is 10.8. The molecule has 100 valence electrons. The maximum Gasteiger partial charge on any atom is 0.240 e. The zero-order valence-electron chi connectivity index (χ0n) is 10.8. The van der Waals surface area contributed by atoms with E-state index in [4.69, 9.17) is 15.2 Å². The van der Waals surface area contributed by atoms with Gasteiger partial charge in [0.25, 0.3) is 0 Å². The van der Waals surface area contributed by atoms with Gasteiger partial charge in [0.15, 0.2) is 0 Å². The van der Waals surface area contributed by atoms with Crippen LogP contribution >= 0.6 is 0 Å². The maximum absolute atomic E-state index is 11.9. The molecule has 0 aromatic heterocycles. The number of hydrogen-bond acceptors (Lipinski definition) is 4. The number of hydrogen-bond donors (Lipinski definition) is 2. The van der Waals surface area contributed by atoms with Gasteiger partial charge in [0, 0.05) is 26.4 Å². The Hall–Kier alpha value is -0.650. The molecule has 1 aliphatic rings. The monoisotopic (exact) mass is 244 g/mol. The Kier molecular flexibility index (Phi) is 5.88. The summed E-state index contributed by atoms with van der Waals surface area (Å²) in [5, 5.41) is 2.82. The number of carbonyl (C=O) groups is 1. The summed E-state index contributed by atoms with van der Waals surface area (Å²) in [6, 6.07) is 0. The van der Waals surface area contributed by atoms with Crippen LogP contribution in [0.25, 0.3) is 0 Å². The van der Waals surface area contributed by atoms with E-state index in [0.29, 0.717) is 45.1 Å². The molecule has 1 heterocycles. The topological polar surface area (TPSA) is 73.6 Å². The van der Waals surface area contributed by atoms with Crippen molar-refractivity contribution in [3.63, 3.8) is 0 Å². The average Bonchev–Trinajstić information content (AvgIpc) is 2.29. The number of amides is 1. The second kappa shape index (κ2) is 6.93. The van der Waals surface area contributed by atoms with Crippen molar-refractivity contribution in [2.75, 3.05) is 33.0 Å². The van der Waals surface area contributed by atoms with Gasteiger partial charge >= 0.3 is 0 Å². The molecule has 1 aliphatic heterocycles. The molecule has 5 nitrogen and oxygen atoms in total. The van der Waals surface area contributed by atoms with E-state index in [1.165, 1.54) is 0 Å². The molecule has 1 fully saturated rings. The molecule has 1 amide bonds. The fourth-order valence-corrected chi connectivity index (χ4v) is 1.69. The fourth-order valence-electron chi connectivity index (χ4n) is 1.69. The first-order valence-electron chi connectivity index (χ1n) is 6.27. The van der Waals surface area contributed by atoms with Crippen LogP contribution in [0.15, 0.2) is 0 Å². The van der Waals surface area contributed by atoms with Gasteiger partial charge < -0.3 is 20.5 Å². The Morgan fingerprint density at radius 1 is 1.47 bits per heavy atom. The number of ether oxygens (including phenoxy) is 2.